The van der Waals surface area contributed by atoms with Gasteiger partial charge in [0.25, 0.3) is 11.2 Å². The number of cyclic esters (lactones) is 1. The number of hydrogen-bond donors (Lipinski definition) is 1. The monoisotopic (exact) mass is 393 g/mol. The van der Waals surface area contributed by atoms with Gasteiger partial charge in [0.05, 0.1) is 39.3 Å². The molecule has 0 aliphatic carbocycles. The van der Waals surface area contributed by atoms with Crippen molar-refractivity contribution in [2.45, 2.75) is 32.6 Å². The number of esters is 1. The molecule has 1 atom stereocenters. The first-order chi connectivity index (χ1) is 13.9. The van der Waals surface area contributed by atoms with E-state index in [0.29, 0.717) is 28.7 Å². The summed E-state index contributed by atoms with van der Waals surface area (Å²) < 4.78 is 6.41. The van der Waals surface area contributed by atoms with Gasteiger partial charge in [-0.3, -0.25) is 14.9 Å². The van der Waals surface area contributed by atoms with Crippen LogP contribution in [0.5, 0.6) is 0 Å². The van der Waals surface area contributed by atoms with Crippen LogP contribution in [-0.2, 0) is 29.1 Å². The number of pyridine rings is 2. The Kier molecular flexibility index (Phi) is 3.59. The number of carbonyl (C=O) groups excluding carboxylic acids is 1. The number of aromatic nitrogens is 2. The molecular weight excluding hydrogens is 378 g/mol. The predicted molar refractivity (Wildman–Crippen MR) is 101 cm³/mol. The van der Waals surface area contributed by atoms with Crippen LogP contribution in [0.1, 0.15) is 35.3 Å². The Bertz CT molecular complexity index is 1310. The van der Waals surface area contributed by atoms with Crippen LogP contribution in [0.3, 0.4) is 0 Å². The van der Waals surface area contributed by atoms with Crippen LogP contribution in [0.4, 0.5) is 5.69 Å². The van der Waals surface area contributed by atoms with E-state index in [1.165, 1.54) is 10.6 Å². The molecule has 1 aromatic carbocycles. The Hall–Kier alpha value is -3.59. The van der Waals surface area contributed by atoms with Crippen molar-refractivity contribution in [3.63, 3.8) is 0 Å². The van der Waals surface area contributed by atoms with Gasteiger partial charge < -0.3 is 14.4 Å². The number of nitro benzene ring substituents is 1. The number of non-ortho nitro benzene ring substituents is 1. The SMILES string of the molecule is CCc1c2c(nc3cccc([N+](=O)[O-])c13)-c1cc3c(c(=O)n1C2)COC(=O)[C@H]3O. The van der Waals surface area contributed by atoms with Gasteiger partial charge in [0, 0.05) is 17.2 Å². The summed E-state index contributed by atoms with van der Waals surface area (Å²) >= 11 is 0. The summed E-state index contributed by atoms with van der Waals surface area (Å²) in [4.78, 5) is 40.5. The van der Waals surface area contributed by atoms with E-state index in [0.717, 1.165) is 11.1 Å². The summed E-state index contributed by atoms with van der Waals surface area (Å²) in [5, 5.41) is 22.2. The summed E-state index contributed by atoms with van der Waals surface area (Å²) in [6, 6.07) is 6.33. The van der Waals surface area contributed by atoms with E-state index in [1.54, 1.807) is 18.2 Å². The van der Waals surface area contributed by atoms with Crippen LogP contribution in [0.25, 0.3) is 22.3 Å². The molecule has 9 nitrogen and oxygen atoms in total. The van der Waals surface area contributed by atoms with Crippen LogP contribution in [0.15, 0.2) is 29.1 Å². The van der Waals surface area contributed by atoms with Crippen molar-refractivity contribution in [2.75, 3.05) is 0 Å². The van der Waals surface area contributed by atoms with Crippen molar-refractivity contribution in [3.05, 3.63) is 67.0 Å². The molecule has 4 heterocycles. The van der Waals surface area contributed by atoms with Gasteiger partial charge >= 0.3 is 5.97 Å². The lowest BCUT2D eigenvalue weighted by Gasteiger charge is -2.21. The minimum Gasteiger partial charge on any atom is -0.458 e. The molecule has 0 saturated carbocycles. The quantitative estimate of drug-likeness (QED) is 0.314. The molecule has 2 aliphatic heterocycles. The predicted octanol–water partition coefficient (Wildman–Crippen LogP) is 1.99. The van der Waals surface area contributed by atoms with E-state index in [4.69, 9.17) is 4.74 Å². The van der Waals surface area contributed by atoms with E-state index >= 15 is 0 Å². The van der Waals surface area contributed by atoms with Crippen LogP contribution in [0.2, 0.25) is 0 Å². The number of nitro groups is 1. The molecule has 0 bridgehead atoms. The van der Waals surface area contributed by atoms with E-state index in [1.807, 2.05) is 6.92 Å². The van der Waals surface area contributed by atoms with Crippen LogP contribution in [0, 0.1) is 10.1 Å². The van der Waals surface area contributed by atoms with Gasteiger partial charge in [-0.05, 0) is 24.1 Å². The molecule has 0 amide bonds. The average Bonchev–Trinajstić information content (AvgIpc) is 3.07. The van der Waals surface area contributed by atoms with Gasteiger partial charge in [0.1, 0.15) is 6.61 Å². The normalized spacial score (nSPS) is 16.9. The number of rotatable bonds is 2. The lowest BCUT2D eigenvalue weighted by atomic mass is 9.96. The highest BCUT2D eigenvalue weighted by Gasteiger charge is 2.35. The highest BCUT2D eigenvalue weighted by Crippen LogP contribution is 2.40. The molecule has 3 aromatic rings. The molecule has 0 unspecified atom stereocenters. The fourth-order valence-electron chi connectivity index (χ4n) is 4.29. The first kappa shape index (κ1) is 17.5. The van der Waals surface area contributed by atoms with E-state index in [9.17, 15) is 24.8 Å². The summed E-state index contributed by atoms with van der Waals surface area (Å²) in [6.07, 6.45) is -0.993. The van der Waals surface area contributed by atoms with Crippen molar-refractivity contribution >= 4 is 22.6 Å². The third kappa shape index (κ3) is 2.27. The number of fused-ring (bicyclic) bond motifs is 5. The minimum atomic E-state index is -1.52. The third-order valence-corrected chi connectivity index (χ3v) is 5.63. The summed E-state index contributed by atoms with van der Waals surface area (Å²) in [5.41, 5.74) is 3.09. The largest absolute Gasteiger partial charge is 0.458 e. The van der Waals surface area contributed by atoms with Crippen molar-refractivity contribution in [1.29, 1.82) is 0 Å². The zero-order chi connectivity index (χ0) is 20.4. The number of carbonyl (C=O) groups is 1. The van der Waals surface area contributed by atoms with Gasteiger partial charge in [0.2, 0.25) is 0 Å². The first-order valence-electron chi connectivity index (χ1n) is 9.13. The topological polar surface area (TPSA) is 125 Å². The van der Waals surface area contributed by atoms with Crippen molar-refractivity contribution < 1.29 is 19.6 Å². The zero-order valence-corrected chi connectivity index (χ0v) is 15.3. The summed E-state index contributed by atoms with van der Waals surface area (Å²) in [6.45, 7) is 1.93. The number of hydrogen-bond acceptors (Lipinski definition) is 7. The van der Waals surface area contributed by atoms with E-state index in [2.05, 4.69) is 4.98 Å². The summed E-state index contributed by atoms with van der Waals surface area (Å²) in [7, 11) is 0. The third-order valence-electron chi connectivity index (χ3n) is 5.63. The molecule has 0 radical (unpaired) electrons. The number of benzene rings is 1. The summed E-state index contributed by atoms with van der Waals surface area (Å²) in [5.74, 6) is -0.795. The van der Waals surface area contributed by atoms with Gasteiger partial charge in [-0.15, -0.1) is 0 Å². The molecule has 146 valence electrons. The molecule has 0 fully saturated rings. The number of ether oxygens (including phenoxy) is 1. The highest BCUT2D eigenvalue weighted by atomic mass is 16.6. The van der Waals surface area contributed by atoms with Gasteiger partial charge in [0.15, 0.2) is 6.10 Å². The van der Waals surface area contributed by atoms with E-state index < -0.39 is 17.0 Å². The Morgan fingerprint density at radius 2 is 2.14 bits per heavy atom. The van der Waals surface area contributed by atoms with Gasteiger partial charge in [-0.1, -0.05) is 13.0 Å². The maximum atomic E-state index is 13.0. The van der Waals surface area contributed by atoms with Crippen molar-refractivity contribution in [1.82, 2.24) is 9.55 Å². The van der Waals surface area contributed by atoms with Crippen molar-refractivity contribution in [3.8, 4) is 11.4 Å². The molecule has 5 rings (SSSR count). The number of aliphatic hydroxyl groups is 1. The Morgan fingerprint density at radius 3 is 2.86 bits per heavy atom. The van der Waals surface area contributed by atoms with Crippen LogP contribution in [-0.4, -0.2) is 25.6 Å². The fourth-order valence-corrected chi connectivity index (χ4v) is 4.29. The molecule has 2 aromatic heterocycles. The van der Waals surface area contributed by atoms with Crippen molar-refractivity contribution in [2.24, 2.45) is 0 Å². The Balaban J connectivity index is 1.84. The second kappa shape index (κ2) is 5.95. The average molecular weight is 393 g/mol. The molecular formula is C20H15N3O6. The second-order valence-electron chi connectivity index (χ2n) is 7.06. The number of aryl methyl sites for hydroxylation is 1. The maximum Gasteiger partial charge on any atom is 0.340 e. The van der Waals surface area contributed by atoms with Gasteiger partial charge in [-0.25, -0.2) is 9.78 Å². The molecule has 0 saturated heterocycles. The molecule has 29 heavy (non-hydrogen) atoms. The number of aliphatic hydroxyl groups excluding tert-OH is 1. The fraction of sp³-hybridized carbons (Fsp3) is 0.250. The molecule has 0 spiro atoms. The zero-order valence-electron chi connectivity index (χ0n) is 15.3. The Morgan fingerprint density at radius 1 is 1.34 bits per heavy atom. The minimum absolute atomic E-state index is 0.0216. The molecule has 9 heteroatoms. The number of nitrogens with zero attached hydrogens (tertiary/aromatic N) is 3. The van der Waals surface area contributed by atoms with E-state index in [-0.39, 0.29) is 35.5 Å². The molecule has 2 aliphatic rings. The van der Waals surface area contributed by atoms with Gasteiger partial charge in [-0.2, -0.15) is 0 Å². The maximum absolute atomic E-state index is 13.0. The lowest BCUT2D eigenvalue weighted by molar-refractivity contribution is -0.383. The smallest absolute Gasteiger partial charge is 0.340 e. The molecule has 1 N–H and O–H groups in total. The first-order valence-corrected chi connectivity index (χ1v) is 9.13. The van der Waals surface area contributed by atoms with Crippen LogP contribution < -0.4 is 5.56 Å². The van der Waals surface area contributed by atoms with Crippen LogP contribution >= 0.6 is 0 Å². The lowest BCUT2D eigenvalue weighted by Crippen LogP contribution is -2.32. The Labute approximate surface area is 163 Å². The standard InChI is InChI=1S/C20H15N3O6/c1-2-9-11-7-22-15(6-10-12(19(22)25)8-29-20(26)18(10)24)17(11)21-13-4-3-5-14(16(9)13)23(27)28/h3-6,18,24H,2,7-8H2,1H3/t18-/m0/s1. The highest BCUT2D eigenvalue weighted by molar-refractivity contribution is 5.95. The second-order valence-corrected chi connectivity index (χ2v) is 7.06.